The maximum atomic E-state index is 13.0. The third kappa shape index (κ3) is 4.55. The summed E-state index contributed by atoms with van der Waals surface area (Å²) in [6, 6.07) is 18.6. The van der Waals surface area contributed by atoms with Gasteiger partial charge in [-0.1, -0.05) is 36.4 Å². The number of hydrogen-bond donors (Lipinski definition) is 2. The Hall–Kier alpha value is -4.36. The third-order valence-electron chi connectivity index (χ3n) is 4.88. The van der Waals surface area contributed by atoms with Gasteiger partial charge in [-0.15, -0.1) is 0 Å². The molecule has 1 aromatic heterocycles. The lowest BCUT2D eigenvalue weighted by molar-refractivity contribution is -0.134. The quantitative estimate of drug-likeness (QED) is 0.185. The Bertz CT molecular complexity index is 1380. The fourth-order valence-electron chi connectivity index (χ4n) is 3.29. The number of nitriles is 1. The molecule has 2 heterocycles. The molecule has 4 rings (SSSR count). The minimum Gasteiger partial charge on any atom is -0.461 e. The van der Waals surface area contributed by atoms with Gasteiger partial charge in [0.1, 0.15) is 11.1 Å². The van der Waals surface area contributed by atoms with Crippen LogP contribution in [0, 0.1) is 11.3 Å². The van der Waals surface area contributed by atoms with Gasteiger partial charge in [0.15, 0.2) is 5.57 Å². The highest BCUT2D eigenvalue weighted by Crippen LogP contribution is 2.37. The zero-order chi connectivity index (χ0) is 24.1. The molecule has 0 fully saturated rings. The number of thioether (sulfide) groups is 1. The van der Waals surface area contributed by atoms with E-state index in [1.54, 1.807) is 38.1 Å². The summed E-state index contributed by atoms with van der Waals surface area (Å²) < 4.78 is 5.04. The largest absolute Gasteiger partial charge is 0.461 e. The maximum absolute atomic E-state index is 13.0. The summed E-state index contributed by atoms with van der Waals surface area (Å²) in [4.78, 5) is 28.4. The molecule has 0 radical (unpaired) electrons. The molecular formula is C24H20N6O3S. The topological polar surface area (TPSA) is 123 Å². The summed E-state index contributed by atoms with van der Waals surface area (Å²) in [6.07, 6.45) is 1.81. The average molecular weight is 473 g/mol. The molecule has 1 aliphatic rings. The van der Waals surface area contributed by atoms with E-state index >= 15 is 0 Å². The lowest BCUT2D eigenvalue weighted by Gasteiger charge is -2.16. The van der Waals surface area contributed by atoms with E-state index in [4.69, 9.17) is 4.74 Å². The molecule has 2 N–H and O–H groups in total. The number of nitrogens with one attached hydrogen (secondary N) is 2. The molecule has 3 aromatic rings. The van der Waals surface area contributed by atoms with Gasteiger partial charge in [0.2, 0.25) is 5.04 Å². The molecule has 170 valence electrons. The van der Waals surface area contributed by atoms with Gasteiger partial charge in [-0.25, -0.2) is 15.2 Å². The number of rotatable bonds is 6. The van der Waals surface area contributed by atoms with Crippen LogP contribution in [0.25, 0.3) is 10.9 Å². The van der Waals surface area contributed by atoms with Gasteiger partial charge < -0.3 is 9.72 Å². The van der Waals surface area contributed by atoms with Crippen molar-refractivity contribution >= 4 is 51.0 Å². The number of hydrazone groups is 2. The molecule has 0 unspecified atom stereocenters. The molecule has 34 heavy (non-hydrogen) atoms. The van der Waals surface area contributed by atoms with Crippen LogP contribution in [-0.4, -0.2) is 34.2 Å². The number of amides is 1. The second-order valence-electron chi connectivity index (χ2n) is 7.05. The maximum Gasteiger partial charge on any atom is 0.365 e. The van der Waals surface area contributed by atoms with Gasteiger partial charge >= 0.3 is 5.97 Å². The van der Waals surface area contributed by atoms with Crippen molar-refractivity contribution < 1.29 is 14.3 Å². The molecule has 0 saturated heterocycles. The van der Waals surface area contributed by atoms with Crippen LogP contribution in [0.5, 0.6) is 0 Å². The second-order valence-corrected chi connectivity index (χ2v) is 8.03. The van der Waals surface area contributed by atoms with Gasteiger partial charge in [-0.3, -0.25) is 4.79 Å². The number of aromatic amines is 1. The van der Waals surface area contributed by atoms with Crippen LogP contribution in [0.4, 0.5) is 5.69 Å². The molecule has 10 heteroatoms. The van der Waals surface area contributed by atoms with Gasteiger partial charge in [-0.05, 0) is 43.8 Å². The average Bonchev–Trinajstić information content (AvgIpc) is 3.49. The van der Waals surface area contributed by atoms with Crippen molar-refractivity contribution in [2.45, 2.75) is 13.8 Å². The van der Waals surface area contributed by atoms with E-state index in [1.165, 1.54) is 5.01 Å². The first kappa shape index (κ1) is 22.8. The molecule has 0 aliphatic carbocycles. The molecular weight excluding hydrogens is 452 g/mol. The number of ether oxygens (including phenoxy) is 1. The minimum atomic E-state index is -0.717. The van der Waals surface area contributed by atoms with E-state index in [0.29, 0.717) is 11.4 Å². The lowest BCUT2D eigenvalue weighted by Crippen LogP contribution is -2.24. The van der Waals surface area contributed by atoms with Crippen LogP contribution in [0.2, 0.25) is 0 Å². The smallest absolute Gasteiger partial charge is 0.365 e. The zero-order valence-electron chi connectivity index (χ0n) is 18.4. The Labute approximate surface area is 199 Å². The van der Waals surface area contributed by atoms with Crippen molar-refractivity contribution in [3.8, 4) is 6.07 Å². The van der Waals surface area contributed by atoms with Gasteiger partial charge in [0, 0.05) is 22.7 Å². The first-order chi connectivity index (χ1) is 16.5. The van der Waals surface area contributed by atoms with Crippen molar-refractivity contribution in [3.05, 3.63) is 77.0 Å². The number of H-pyrrole nitrogens is 1. The van der Waals surface area contributed by atoms with Crippen molar-refractivity contribution in [1.82, 2.24) is 10.4 Å². The zero-order valence-corrected chi connectivity index (χ0v) is 19.2. The van der Waals surface area contributed by atoms with E-state index < -0.39 is 11.9 Å². The van der Waals surface area contributed by atoms with E-state index in [-0.39, 0.29) is 22.3 Å². The molecule has 9 nitrogen and oxygen atoms in total. The summed E-state index contributed by atoms with van der Waals surface area (Å²) in [7, 11) is 0. The predicted molar refractivity (Wildman–Crippen MR) is 132 cm³/mol. The molecule has 1 amide bonds. The SMILES string of the molecule is CCOC(=O)C1=NN(c2ccccc2)/C(=C(\C#N)C(=O)N/N=C(\C)c2c[nH]c3ccccc23)S1. The van der Waals surface area contributed by atoms with Crippen molar-refractivity contribution in [3.63, 3.8) is 0 Å². The number of hydrogen-bond acceptors (Lipinski definition) is 8. The van der Waals surface area contributed by atoms with Gasteiger partial charge in [0.25, 0.3) is 5.91 Å². The number of benzene rings is 2. The van der Waals surface area contributed by atoms with Crippen LogP contribution in [0.1, 0.15) is 19.4 Å². The van der Waals surface area contributed by atoms with Crippen LogP contribution in [0.3, 0.4) is 0 Å². The fraction of sp³-hybridized carbons (Fsp3) is 0.125. The standard InChI is InChI=1S/C24H20N6O3S/c1-3-33-24(32)22-29-30(16-9-5-4-6-10-16)23(34-22)18(13-25)21(31)28-27-15(2)19-14-26-20-12-8-7-11-17(19)20/h4-12,14,26H,3H2,1-2H3,(H,28,31)/b23-18-,27-15+. The highest BCUT2D eigenvalue weighted by atomic mass is 32.2. The first-order valence-electron chi connectivity index (χ1n) is 10.4. The Kier molecular flexibility index (Phi) is 6.75. The summed E-state index contributed by atoms with van der Waals surface area (Å²) in [5, 5.41) is 20.9. The molecule has 0 atom stereocenters. The minimum absolute atomic E-state index is 0.0275. The molecule has 0 spiro atoms. The van der Waals surface area contributed by atoms with Gasteiger partial charge in [-0.2, -0.15) is 15.5 Å². The van der Waals surface area contributed by atoms with Gasteiger partial charge in [0.05, 0.1) is 18.0 Å². The number of nitrogens with zero attached hydrogens (tertiary/aromatic N) is 4. The van der Waals surface area contributed by atoms with Crippen molar-refractivity contribution in [1.29, 1.82) is 5.26 Å². The number of esters is 1. The number of anilines is 1. The normalized spacial score (nSPS) is 15.0. The number of fused-ring (bicyclic) bond motifs is 1. The summed E-state index contributed by atoms with van der Waals surface area (Å²) in [5.74, 6) is -1.35. The van der Waals surface area contributed by atoms with Crippen LogP contribution < -0.4 is 10.4 Å². The van der Waals surface area contributed by atoms with Crippen molar-refractivity contribution in [2.75, 3.05) is 11.6 Å². The number of carbonyl (C=O) groups is 2. The number of carbonyl (C=O) groups excluding carboxylic acids is 2. The summed E-state index contributed by atoms with van der Waals surface area (Å²) >= 11 is 0.901. The van der Waals surface area contributed by atoms with Crippen LogP contribution >= 0.6 is 11.8 Å². The molecule has 2 aromatic carbocycles. The Morgan fingerprint density at radius 2 is 1.94 bits per heavy atom. The highest BCUT2D eigenvalue weighted by Gasteiger charge is 2.33. The fourth-order valence-corrected chi connectivity index (χ4v) is 4.21. The number of para-hydroxylation sites is 2. The Balaban J connectivity index is 1.64. The molecule has 0 bridgehead atoms. The van der Waals surface area contributed by atoms with Crippen LogP contribution in [0.15, 0.2) is 81.6 Å². The van der Waals surface area contributed by atoms with E-state index in [1.807, 2.05) is 42.6 Å². The van der Waals surface area contributed by atoms with E-state index in [2.05, 4.69) is 20.6 Å². The first-order valence-corrected chi connectivity index (χ1v) is 11.2. The van der Waals surface area contributed by atoms with E-state index in [9.17, 15) is 14.9 Å². The van der Waals surface area contributed by atoms with Crippen LogP contribution in [-0.2, 0) is 14.3 Å². The number of aromatic nitrogens is 1. The van der Waals surface area contributed by atoms with Crippen molar-refractivity contribution in [2.24, 2.45) is 10.2 Å². The molecule has 0 saturated carbocycles. The van der Waals surface area contributed by atoms with E-state index in [0.717, 1.165) is 28.2 Å². The molecule has 1 aliphatic heterocycles. The third-order valence-corrected chi connectivity index (χ3v) is 5.90. The second kappa shape index (κ2) is 10.1. The Morgan fingerprint density at radius 3 is 2.68 bits per heavy atom. The predicted octanol–water partition coefficient (Wildman–Crippen LogP) is 3.87. The highest BCUT2D eigenvalue weighted by molar-refractivity contribution is 8.19. The lowest BCUT2D eigenvalue weighted by atomic mass is 10.1. The monoisotopic (exact) mass is 472 g/mol. The Morgan fingerprint density at radius 1 is 1.21 bits per heavy atom. The summed E-state index contributed by atoms with van der Waals surface area (Å²) in [5.41, 5.74) is 5.15. The summed E-state index contributed by atoms with van der Waals surface area (Å²) in [6.45, 7) is 3.62.